The Labute approximate surface area is 132 Å². The average Bonchev–Trinajstić information content (AvgIpc) is 2.95. The minimum atomic E-state index is -3.96. The molecule has 0 spiro atoms. The lowest BCUT2D eigenvalue weighted by atomic mass is 9.72. The maximum atomic E-state index is 12.7. The smallest absolute Gasteiger partial charge is 0.455 e. The normalized spacial score (nSPS) is 14.3. The lowest BCUT2D eigenvalue weighted by Gasteiger charge is -2.24. The van der Waals surface area contributed by atoms with E-state index in [9.17, 15) is 13.4 Å². The highest BCUT2D eigenvalue weighted by atomic mass is 32.2. The van der Waals surface area contributed by atoms with Crippen LogP contribution >= 0.6 is 0 Å². The largest absolute Gasteiger partial charge is 0.488 e. The van der Waals surface area contributed by atoms with E-state index in [0.29, 0.717) is 26.5 Å². The third-order valence-electron chi connectivity index (χ3n) is 3.71. The van der Waals surface area contributed by atoms with E-state index < -0.39 is 17.1 Å². The predicted octanol–water partition coefficient (Wildman–Crippen LogP) is 1.16. The predicted molar refractivity (Wildman–Crippen MR) is 86.9 cm³/mol. The van der Waals surface area contributed by atoms with Crippen LogP contribution in [0, 0.1) is 0 Å². The molecule has 1 aliphatic heterocycles. The topological polar surface area (TPSA) is 83.1 Å². The van der Waals surface area contributed by atoms with E-state index >= 15 is 0 Å². The fourth-order valence-electron chi connectivity index (χ4n) is 2.62. The number of fused-ring (bicyclic) bond motifs is 3. The van der Waals surface area contributed by atoms with E-state index in [0.717, 1.165) is 0 Å². The summed E-state index contributed by atoms with van der Waals surface area (Å²) < 4.78 is 31.7. The Kier molecular flexibility index (Phi) is 3.04. The molecule has 8 heteroatoms. The Bertz CT molecular complexity index is 1010. The quantitative estimate of drug-likeness (QED) is 0.717. The van der Waals surface area contributed by atoms with Crippen molar-refractivity contribution in [3.8, 4) is 0 Å². The molecule has 0 unspecified atom stereocenters. The van der Waals surface area contributed by atoms with Crippen LogP contribution in [-0.2, 0) is 10.0 Å². The maximum Gasteiger partial charge on any atom is 0.488 e. The summed E-state index contributed by atoms with van der Waals surface area (Å²) in [7, 11) is -5.40. The van der Waals surface area contributed by atoms with Gasteiger partial charge in [0.05, 0.1) is 11.1 Å². The highest BCUT2D eigenvalue weighted by Gasteiger charge is 2.41. The molecule has 1 aromatic heterocycles. The molecule has 0 radical (unpaired) electrons. The average molecular weight is 326 g/mol. The second kappa shape index (κ2) is 4.97. The first-order chi connectivity index (χ1) is 11.1. The van der Waals surface area contributed by atoms with Gasteiger partial charge in [0.15, 0.2) is 0 Å². The van der Waals surface area contributed by atoms with E-state index in [1.54, 1.807) is 42.5 Å². The van der Waals surface area contributed by atoms with Crippen LogP contribution < -0.4 is 5.46 Å². The number of sulfonamides is 1. The van der Waals surface area contributed by atoms with Gasteiger partial charge in [-0.3, -0.25) is 0 Å². The van der Waals surface area contributed by atoms with Gasteiger partial charge >= 0.3 is 7.05 Å². The van der Waals surface area contributed by atoms with Crippen molar-refractivity contribution in [2.75, 3.05) is 0 Å². The van der Waals surface area contributed by atoms with Crippen LogP contribution in [0.25, 0.3) is 11.0 Å². The summed E-state index contributed by atoms with van der Waals surface area (Å²) in [5.74, 6) is 0.359. The SMILES string of the molecule is O=S(=O)(c1ccccc1)N1N=Cc2oc3ccccc3c2B1O. The minimum Gasteiger partial charge on any atom is -0.455 e. The summed E-state index contributed by atoms with van der Waals surface area (Å²) in [6.07, 6.45) is 1.31. The number of furan rings is 1. The Hall–Kier alpha value is -2.58. The van der Waals surface area contributed by atoms with Crippen LogP contribution in [0.1, 0.15) is 5.76 Å². The second-order valence-electron chi connectivity index (χ2n) is 5.09. The molecule has 2 heterocycles. The Balaban J connectivity index is 1.85. The van der Waals surface area contributed by atoms with Crippen molar-refractivity contribution in [3.05, 3.63) is 60.4 Å². The highest BCUT2D eigenvalue weighted by Crippen LogP contribution is 2.23. The number of para-hydroxylation sites is 1. The summed E-state index contributed by atoms with van der Waals surface area (Å²) in [6.45, 7) is 0. The summed E-state index contributed by atoms with van der Waals surface area (Å²) >= 11 is 0. The van der Waals surface area contributed by atoms with Gasteiger partial charge in [0.2, 0.25) is 0 Å². The van der Waals surface area contributed by atoms with Gasteiger partial charge in [0.1, 0.15) is 11.3 Å². The molecule has 0 amide bonds. The van der Waals surface area contributed by atoms with Crippen molar-refractivity contribution < 1.29 is 17.9 Å². The zero-order valence-corrected chi connectivity index (χ0v) is 12.6. The molecule has 23 heavy (non-hydrogen) atoms. The van der Waals surface area contributed by atoms with Gasteiger partial charge in [0, 0.05) is 10.8 Å². The molecule has 3 aromatic rings. The summed E-state index contributed by atoms with van der Waals surface area (Å²) in [5, 5.41) is 15.1. The Morgan fingerprint density at radius 1 is 1.04 bits per heavy atom. The van der Waals surface area contributed by atoms with Crippen molar-refractivity contribution >= 4 is 39.7 Å². The van der Waals surface area contributed by atoms with Gasteiger partial charge in [0.25, 0.3) is 10.0 Å². The molecule has 0 bridgehead atoms. The molecular formula is C15H11BN2O4S. The van der Waals surface area contributed by atoms with Crippen LogP contribution in [0.5, 0.6) is 0 Å². The fraction of sp³-hybridized carbons (Fsp3) is 0. The van der Waals surface area contributed by atoms with E-state index in [1.807, 2.05) is 0 Å². The number of hydrogen-bond acceptors (Lipinski definition) is 5. The first-order valence-corrected chi connectivity index (χ1v) is 8.36. The van der Waals surface area contributed by atoms with Gasteiger partial charge in [-0.1, -0.05) is 36.4 Å². The summed E-state index contributed by atoms with van der Waals surface area (Å²) in [4.78, 5) is 0.0625. The van der Waals surface area contributed by atoms with Gasteiger partial charge in [-0.2, -0.15) is 9.43 Å². The molecule has 0 aliphatic carbocycles. The van der Waals surface area contributed by atoms with E-state index in [4.69, 9.17) is 4.42 Å². The first kappa shape index (κ1) is 14.0. The monoisotopic (exact) mass is 326 g/mol. The standard InChI is InChI=1S/C15H11BN2O4S/c19-16-15-12-8-4-5-9-13(12)22-14(15)10-17-18(16)23(20,21)11-6-2-1-3-7-11/h1-10,19H. The van der Waals surface area contributed by atoms with Crippen molar-refractivity contribution in [2.45, 2.75) is 4.90 Å². The Morgan fingerprint density at radius 3 is 2.52 bits per heavy atom. The fourth-order valence-corrected chi connectivity index (χ4v) is 3.88. The zero-order chi connectivity index (χ0) is 16.0. The number of rotatable bonds is 2. The number of benzene rings is 2. The third-order valence-corrected chi connectivity index (χ3v) is 5.36. The number of hydrazone groups is 1. The van der Waals surface area contributed by atoms with Gasteiger partial charge in [-0.25, -0.2) is 8.42 Å². The molecule has 0 atom stereocenters. The van der Waals surface area contributed by atoms with Crippen molar-refractivity contribution in [1.29, 1.82) is 0 Å². The van der Waals surface area contributed by atoms with Crippen LogP contribution in [0.3, 0.4) is 0 Å². The van der Waals surface area contributed by atoms with Gasteiger partial charge in [-0.05, 0) is 18.2 Å². The Morgan fingerprint density at radius 2 is 1.74 bits per heavy atom. The molecule has 6 nitrogen and oxygen atoms in total. The van der Waals surface area contributed by atoms with Crippen LogP contribution in [0.15, 0.2) is 69.0 Å². The van der Waals surface area contributed by atoms with E-state index in [1.165, 1.54) is 18.3 Å². The molecule has 1 aliphatic rings. The molecule has 0 saturated carbocycles. The zero-order valence-electron chi connectivity index (χ0n) is 11.8. The van der Waals surface area contributed by atoms with Crippen LogP contribution in [-0.4, -0.2) is 31.0 Å². The van der Waals surface area contributed by atoms with Crippen molar-refractivity contribution in [3.63, 3.8) is 0 Å². The van der Waals surface area contributed by atoms with Crippen molar-refractivity contribution in [1.82, 2.24) is 4.33 Å². The van der Waals surface area contributed by atoms with E-state index in [-0.39, 0.29) is 4.90 Å². The molecule has 4 rings (SSSR count). The number of nitrogens with zero attached hydrogens (tertiary/aromatic N) is 2. The highest BCUT2D eigenvalue weighted by molar-refractivity contribution is 7.90. The van der Waals surface area contributed by atoms with Crippen molar-refractivity contribution in [2.24, 2.45) is 5.10 Å². The molecule has 0 saturated heterocycles. The third kappa shape index (κ3) is 2.07. The van der Waals surface area contributed by atoms with Crippen LogP contribution in [0.2, 0.25) is 0 Å². The summed E-state index contributed by atoms with van der Waals surface area (Å²) in [5.41, 5.74) is 0.970. The molecule has 2 aromatic carbocycles. The van der Waals surface area contributed by atoms with Crippen LogP contribution in [0.4, 0.5) is 0 Å². The second-order valence-corrected chi connectivity index (χ2v) is 6.88. The molecule has 0 fully saturated rings. The lowest BCUT2D eigenvalue weighted by Crippen LogP contribution is -2.51. The lowest BCUT2D eigenvalue weighted by molar-refractivity contribution is 0.473. The maximum absolute atomic E-state index is 12.7. The van der Waals surface area contributed by atoms with Gasteiger partial charge in [-0.15, -0.1) is 0 Å². The minimum absolute atomic E-state index is 0.0625. The van der Waals surface area contributed by atoms with Gasteiger partial charge < -0.3 is 9.44 Å². The molecule has 114 valence electrons. The number of hydrogen-bond donors (Lipinski definition) is 1. The molecular weight excluding hydrogens is 315 g/mol. The summed E-state index contributed by atoms with van der Waals surface area (Å²) in [6, 6.07) is 15.0. The van der Waals surface area contributed by atoms with E-state index in [2.05, 4.69) is 5.10 Å². The molecule has 1 N–H and O–H groups in total. The first-order valence-electron chi connectivity index (χ1n) is 6.92.